The van der Waals surface area contributed by atoms with Crippen LogP contribution < -0.4 is 10.2 Å². The van der Waals surface area contributed by atoms with E-state index in [9.17, 15) is 4.39 Å². The van der Waals surface area contributed by atoms with E-state index in [0.717, 1.165) is 69.9 Å². The van der Waals surface area contributed by atoms with Gasteiger partial charge in [0.25, 0.3) is 0 Å². The summed E-state index contributed by atoms with van der Waals surface area (Å²) in [6, 6.07) is 6.74. The first-order valence-electron chi connectivity index (χ1n) is 9.30. The molecule has 0 aromatic heterocycles. The largest absolute Gasteiger partial charge is 0.381 e. The van der Waals surface area contributed by atoms with Crippen LogP contribution >= 0.6 is 24.0 Å². The molecule has 1 aliphatic carbocycles. The third-order valence-electron chi connectivity index (χ3n) is 4.78. The number of ether oxygens (including phenoxy) is 1. The minimum Gasteiger partial charge on any atom is -0.381 e. The summed E-state index contributed by atoms with van der Waals surface area (Å²) in [4.78, 5) is 8.97. The third kappa shape index (κ3) is 6.57. The first-order chi connectivity index (χ1) is 12.3. The van der Waals surface area contributed by atoms with E-state index < -0.39 is 0 Å². The average Bonchev–Trinajstić information content (AvgIpc) is 3.46. The molecule has 0 atom stereocenters. The predicted octanol–water partition coefficient (Wildman–Crippen LogP) is 2.96. The number of piperazine rings is 1. The van der Waals surface area contributed by atoms with Crippen molar-refractivity contribution in [1.82, 2.24) is 10.2 Å². The molecular formula is C19H30FIN4O. The van der Waals surface area contributed by atoms with Crippen molar-refractivity contribution in [2.75, 3.05) is 57.9 Å². The van der Waals surface area contributed by atoms with Gasteiger partial charge < -0.3 is 19.9 Å². The van der Waals surface area contributed by atoms with Gasteiger partial charge in [-0.25, -0.2) is 4.39 Å². The lowest BCUT2D eigenvalue weighted by Gasteiger charge is -2.37. The second-order valence-corrected chi connectivity index (χ2v) is 6.80. The van der Waals surface area contributed by atoms with Crippen LogP contribution in [0.3, 0.4) is 0 Å². The topological polar surface area (TPSA) is 40.1 Å². The molecule has 0 spiro atoms. The summed E-state index contributed by atoms with van der Waals surface area (Å²) in [7, 11) is 1.83. The van der Waals surface area contributed by atoms with Gasteiger partial charge in [-0.05, 0) is 49.4 Å². The van der Waals surface area contributed by atoms with E-state index in [1.807, 2.05) is 19.2 Å². The van der Waals surface area contributed by atoms with Crippen LogP contribution in [0.15, 0.2) is 29.3 Å². The number of benzene rings is 1. The van der Waals surface area contributed by atoms with Gasteiger partial charge in [-0.2, -0.15) is 0 Å². The van der Waals surface area contributed by atoms with Crippen molar-refractivity contribution in [3.05, 3.63) is 30.1 Å². The number of halogens is 2. The second kappa shape index (κ2) is 10.9. The molecule has 0 bridgehead atoms. The quantitative estimate of drug-likeness (QED) is 0.285. The number of nitrogens with one attached hydrogen (secondary N) is 1. The maximum Gasteiger partial charge on any atom is 0.193 e. The molecule has 1 saturated carbocycles. The van der Waals surface area contributed by atoms with Crippen LogP contribution in [0.4, 0.5) is 10.1 Å². The fourth-order valence-electron chi connectivity index (χ4n) is 3.07. The molecule has 1 aromatic rings. The molecule has 146 valence electrons. The number of aliphatic imine (C=N–C) groups is 1. The molecular weight excluding hydrogens is 446 g/mol. The third-order valence-corrected chi connectivity index (χ3v) is 4.78. The Hall–Kier alpha value is -1.09. The van der Waals surface area contributed by atoms with E-state index in [-0.39, 0.29) is 29.8 Å². The summed E-state index contributed by atoms with van der Waals surface area (Å²) in [5.74, 6) is 1.60. The lowest BCUT2D eigenvalue weighted by molar-refractivity contribution is 0.122. The molecule has 5 nitrogen and oxygen atoms in total. The van der Waals surface area contributed by atoms with E-state index in [1.54, 1.807) is 0 Å². The summed E-state index contributed by atoms with van der Waals surface area (Å²) < 4.78 is 18.7. The van der Waals surface area contributed by atoms with Gasteiger partial charge >= 0.3 is 0 Å². The molecule has 1 saturated heterocycles. The van der Waals surface area contributed by atoms with Gasteiger partial charge in [0.15, 0.2) is 5.96 Å². The number of hydrogen-bond acceptors (Lipinski definition) is 3. The first kappa shape index (κ1) is 21.2. The maximum absolute atomic E-state index is 13.0. The zero-order chi connectivity index (χ0) is 17.5. The highest BCUT2D eigenvalue weighted by Crippen LogP contribution is 2.28. The molecule has 1 heterocycles. The fraction of sp³-hybridized carbons (Fsp3) is 0.632. The van der Waals surface area contributed by atoms with Crippen molar-refractivity contribution < 1.29 is 9.13 Å². The zero-order valence-electron chi connectivity index (χ0n) is 15.5. The molecule has 1 N–H and O–H groups in total. The van der Waals surface area contributed by atoms with Crippen LogP contribution in [-0.4, -0.2) is 63.8 Å². The highest BCUT2D eigenvalue weighted by atomic mass is 127. The summed E-state index contributed by atoms with van der Waals surface area (Å²) in [5.41, 5.74) is 1.08. The molecule has 0 amide bonds. The van der Waals surface area contributed by atoms with Crippen LogP contribution in [0.25, 0.3) is 0 Å². The number of rotatable bonds is 7. The van der Waals surface area contributed by atoms with E-state index in [4.69, 9.17) is 4.74 Å². The Labute approximate surface area is 173 Å². The molecule has 26 heavy (non-hydrogen) atoms. The Balaban J connectivity index is 0.00000243. The number of anilines is 1. The van der Waals surface area contributed by atoms with Crippen molar-refractivity contribution in [2.45, 2.75) is 19.3 Å². The van der Waals surface area contributed by atoms with Gasteiger partial charge in [-0.15, -0.1) is 24.0 Å². The van der Waals surface area contributed by atoms with Crippen molar-refractivity contribution in [1.29, 1.82) is 0 Å². The van der Waals surface area contributed by atoms with Gasteiger partial charge in [0, 0.05) is 58.7 Å². The Kier molecular flexibility index (Phi) is 8.90. The lowest BCUT2D eigenvalue weighted by Crippen LogP contribution is -2.52. The lowest BCUT2D eigenvalue weighted by atomic mass is 10.2. The van der Waals surface area contributed by atoms with Crippen molar-refractivity contribution in [3.63, 3.8) is 0 Å². The van der Waals surface area contributed by atoms with E-state index >= 15 is 0 Å². The maximum atomic E-state index is 13.0. The molecule has 0 unspecified atom stereocenters. The van der Waals surface area contributed by atoms with E-state index in [0.29, 0.717) is 0 Å². The molecule has 7 heteroatoms. The molecule has 3 rings (SSSR count). The minimum atomic E-state index is -0.187. The van der Waals surface area contributed by atoms with Crippen LogP contribution in [0.1, 0.15) is 19.3 Å². The average molecular weight is 476 g/mol. The highest BCUT2D eigenvalue weighted by Gasteiger charge is 2.21. The normalized spacial score (nSPS) is 17.8. The van der Waals surface area contributed by atoms with E-state index in [2.05, 4.69) is 20.1 Å². The van der Waals surface area contributed by atoms with Gasteiger partial charge in [0.05, 0.1) is 0 Å². The summed E-state index contributed by atoms with van der Waals surface area (Å²) in [6.45, 7) is 6.28. The van der Waals surface area contributed by atoms with Crippen LogP contribution in [0.5, 0.6) is 0 Å². The minimum absolute atomic E-state index is 0. The Morgan fingerprint density at radius 1 is 1.19 bits per heavy atom. The fourth-order valence-corrected chi connectivity index (χ4v) is 3.07. The SMILES string of the molecule is CN=C(NCCCOCC1CC1)N1CCN(c2ccc(F)cc2)CC1.I. The van der Waals surface area contributed by atoms with Gasteiger partial charge in [0.2, 0.25) is 0 Å². The second-order valence-electron chi connectivity index (χ2n) is 6.80. The molecule has 2 fully saturated rings. The number of guanidine groups is 1. The Morgan fingerprint density at radius 2 is 1.88 bits per heavy atom. The van der Waals surface area contributed by atoms with Crippen LogP contribution in [0, 0.1) is 11.7 Å². The van der Waals surface area contributed by atoms with Crippen LogP contribution in [0.2, 0.25) is 0 Å². The smallest absolute Gasteiger partial charge is 0.193 e. The highest BCUT2D eigenvalue weighted by molar-refractivity contribution is 14.0. The van der Waals surface area contributed by atoms with Gasteiger partial charge in [0.1, 0.15) is 5.82 Å². The molecule has 1 aromatic carbocycles. The van der Waals surface area contributed by atoms with Gasteiger partial charge in [-0.3, -0.25) is 4.99 Å². The van der Waals surface area contributed by atoms with Crippen molar-refractivity contribution >= 4 is 35.6 Å². The molecule has 1 aliphatic heterocycles. The number of nitrogens with zero attached hydrogens (tertiary/aromatic N) is 3. The van der Waals surface area contributed by atoms with Crippen molar-refractivity contribution in [2.24, 2.45) is 10.9 Å². The monoisotopic (exact) mass is 476 g/mol. The predicted molar refractivity (Wildman–Crippen MR) is 115 cm³/mol. The Bertz CT molecular complexity index is 557. The summed E-state index contributed by atoms with van der Waals surface area (Å²) in [5, 5.41) is 3.43. The van der Waals surface area contributed by atoms with Gasteiger partial charge in [-0.1, -0.05) is 0 Å². The van der Waals surface area contributed by atoms with E-state index in [1.165, 1.54) is 25.0 Å². The molecule has 2 aliphatic rings. The molecule has 0 radical (unpaired) electrons. The van der Waals surface area contributed by atoms with Crippen LogP contribution in [-0.2, 0) is 4.74 Å². The van der Waals surface area contributed by atoms with Crippen molar-refractivity contribution in [3.8, 4) is 0 Å². The first-order valence-corrected chi connectivity index (χ1v) is 9.30. The Morgan fingerprint density at radius 3 is 2.50 bits per heavy atom. The number of hydrogen-bond donors (Lipinski definition) is 1. The standard InChI is InChI=1S/C19H29FN4O.HI/c1-21-19(22-9-2-14-25-15-16-3-4-16)24-12-10-23(11-13-24)18-7-5-17(20)6-8-18;/h5-8,16H,2-4,9-15H2,1H3,(H,21,22);1H. The zero-order valence-corrected chi connectivity index (χ0v) is 17.8. The summed E-state index contributed by atoms with van der Waals surface area (Å²) in [6.07, 6.45) is 3.69. The summed E-state index contributed by atoms with van der Waals surface area (Å²) >= 11 is 0.